The molecular weight excluding hydrogens is 286 g/mol. The lowest BCUT2D eigenvalue weighted by Crippen LogP contribution is -2.10. The molecule has 2 aromatic rings. The van der Waals surface area contributed by atoms with E-state index in [-0.39, 0.29) is 17.8 Å². The number of ether oxygens (including phenoxy) is 1. The fourth-order valence-electron chi connectivity index (χ4n) is 1.65. The van der Waals surface area contributed by atoms with Crippen molar-refractivity contribution in [2.24, 2.45) is 10.2 Å². The number of rotatable bonds is 6. The quantitative estimate of drug-likeness (QED) is 0.798. The Hall–Kier alpha value is -1.95. The molecule has 1 aromatic carbocycles. The summed E-state index contributed by atoms with van der Waals surface area (Å²) in [5.41, 5.74) is 0. The van der Waals surface area contributed by atoms with Gasteiger partial charge < -0.3 is 9.84 Å². The predicted molar refractivity (Wildman–Crippen MR) is 83.8 cm³/mol. The zero-order valence-corrected chi connectivity index (χ0v) is 13.2. The van der Waals surface area contributed by atoms with Gasteiger partial charge in [0.1, 0.15) is 18.4 Å². The number of hydrogen-bond acceptors (Lipinski definition) is 6. The second-order valence-electron chi connectivity index (χ2n) is 5.03. The fourth-order valence-corrected chi connectivity index (χ4v) is 2.44. The normalized spacial score (nSPS) is 13.0. The maximum Gasteiger partial charge on any atom is 0.233 e. The minimum atomic E-state index is -0.0845. The molecule has 0 aliphatic carbocycles. The Balaban J connectivity index is 1.90. The number of thiazole rings is 1. The average molecular weight is 305 g/mol. The number of benzene rings is 1. The monoisotopic (exact) mass is 305 g/mol. The second-order valence-corrected chi connectivity index (χ2v) is 6.04. The summed E-state index contributed by atoms with van der Waals surface area (Å²) in [6, 6.07) is 9.51. The first kappa shape index (κ1) is 15.4. The minimum absolute atomic E-state index is 0.0529. The van der Waals surface area contributed by atoms with Gasteiger partial charge in [0.25, 0.3) is 0 Å². The molecule has 1 atom stereocenters. The van der Waals surface area contributed by atoms with E-state index in [0.717, 1.165) is 10.6 Å². The van der Waals surface area contributed by atoms with Crippen molar-refractivity contribution in [2.45, 2.75) is 32.7 Å². The van der Waals surface area contributed by atoms with Crippen LogP contribution in [-0.4, -0.2) is 22.7 Å². The van der Waals surface area contributed by atoms with Crippen LogP contribution in [0.2, 0.25) is 0 Å². The number of aromatic nitrogens is 1. The van der Waals surface area contributed by atoms with Crippen LogP contribution in [0.15, 0.2) is 40.6 Å². The highest BCUT2D eigenvalue weighted by Crippen LogP contribution is 2.35. The van der Waals surface area contributed by atoms with Gasteiger partial charge in [-0.25, -0.2) is 0 Å². The maximum absolute atomic E-state index is 9.69. The smallest absolute Gasteiger partial charge is 0.233 e. The van der Waals surface area contributed by atoms with Crippen LogP contribution in [0.5, 0.6) is 11.6 Å². The highest BCUT2D eigenvalue weighted by atomic mass is 32.1. The second kappa shape index (κ2) is 7.17. The van der Waals surface area contributed by atoms with Gasteiger partial charge in [-0.05, 0) is 25.0 Å². The van der Waals surface area contributed by atoms with Gasteiger partial charge in [-0.3, -0.25) is 0 Å². The Morgan fingerprint density at radius 1 is 1.24 bits per heavy atom. The summed E-state index contributed by atoms with van der Waals surface area (Å²) in [5.74, 6) is 1.09. The Bertz CT molecular complexity index is 596. The van der Waals surface area contributed by atoms with Crippen LogP contribution in [0, 0.1) is 0 Å². The molecule has 112 valence electrons. The van der Waals surface area contributed by atoms with Crippen molar-refractivity contribution in [3.8, 4) is 11.6 Å². The molecule has 1 heterocycles. The first-order chi connectivity index (χ1) is 10.1. The van der Waals surface area contributed by atoms with Crippen LogP contribution in [0.3, 0.4) is 0 Å². The summed E-state index contributed by atoms with van der Waals surface area (Å²) < 4.78 is 5.60. The van der Waals surface area contributed by atoms with Crippen LogP contribution in [0.1, 0.15) is 31.6 Å². The Morgan fingerprint density at radius 3 is 2.57 bits per heavy atom. The molecule has 1 N–H and O–H groups in total. The maximum atomic E-state index is 9.69. The van der Waals surface area contributed by atoms with E-state index in [2.05, 4.69) is 15.2 Å². The number of para-hydroxylation sites is 1. The number of nitrogens with zero attached hydrogens (tertiary/aromatic N) is 3. The first-order valence-electron chi connectivity index (χ1n) is 6.84. The molecule has 0 amide bonds. The molecule has 0 aliphatic heterocycles. The van der Waals surface area contributed by atoms with E-state index in [1.807, 2.05) is 51.1 Å². The molecule has 1 aromatic heterocycles. The Kier molecular flexibility index (Phi) is 5.27. The van der Waals surface area contributed by atoms with Gasteiger partial charge in [0, 0.05) is 0 Å². The zero-order valence-electron chi connectivity index (χ0n) is 12.4. The molecule has 0 fully saturated rings. The van der Waals surface area contributed by atoms with Crippen LogP contribution < -0.4 is 4.74 Å². The van der Waals surface area contributed by atoms with E-state index in [0.29, 0.717) is 11.7 Å². The lowest BCUT2D eigenvalue weighted by molar-refractivity contribution is 0.293. The van der Waals surface area contributed by atoms with Crippen molar-refractivity contribution in [1.29, 1.82) is 0 Å². The fraction of sp³-hybridized carbons (Fsp3) is 0.400. The molecule has 0 aliphatic rings. The predicted octanol–water partition coefficient (Wildman–Crippen LogP) is 4.52. The van der Waals surface area contributed by atoms with Crippen molar-refractivity contribution in [1.82, 2.24) is 4.98 Å². The van der Waals surface area contributed by atoms with Crippen LogP contribution in [0.4, 0.5) is 5.13 Å². The van der Waals surface area contributed by atoms with Crippen molar-refractivity contribution >= 4 is 16.5 Å². The molecule has 5 nitrogen and oxygen atoms in total. The number of aromatic hydroxyl groups is 1. The standard InChI is InChI=1S/C15H19N3O2S/c1-10(2)13-14(19)16-15(21-13)18-17-11(3)9-20-12-7-5-4-6-8-12/h4-8,10-11,19H,9H2,1-3H3. The summed E-state index contributed by atoms with van der Waals surface area (Å²) in [4.78, 5) is 4.83. The van der Waals surface area contributed by atoms with Crippen LogP contribution >= 0.6 is 11.3 Å². The van der Waals surface area contributed by atoms with Gasteiger partial charge in [0.15, 0.2) is 0 Å². The van der Waals surface area contributed by atoms with Gasteiger partial charge in [-0.2, -0.15) is 10.1 Å². The van der Waals surface area contributed by atoms with Crippen LogP contribution in [0.25, 0.3) is 0 Å². The van der Waals surface area contributed by atoms with Gasteiger partial charge in [-0.1, -0.05) is 43.4 Å². The van der Waals surface area contributed by atoms with Crippen molar-refractivity contribution < 1.29 is 9.84 Å². The van der Waals surface area contributed by atoms with Crippen molar-refractivity contribution in [3.63, 3.8) is 0 Å². The van der Waals surface area contributed by atoms with Gasteiger partial charge in [0.05, 0.1) is 4.88 Å². The average Bonchev–Trinajstić information content (AvgIpc) is 2.85. The third-order valence-electron chi connectivity index (χ3n) is 2.72. The molecule has 1 unspecified atom stereocenters. The minimum Gasteiger partial charge on any atom is -0.492 e. The molecule has 0 saturated carbocycles. The molecule has 6 heteroatoms. The summed E-state index contributed by atoms with van der Waals surface area (Å²) in [6.45, 7) is 6.38. The third kappa shape index (κ3) is 4.53. The zero-order chi connectivity index (χ0) is 15.2. The lowest BCUT2D eigenvalue weighted by Gasteiger charge is -2.07. The summed E-state index contributed by atoms with van der Waals surface area (Å²) in [6.07, 6.45) is 0. The molecular formula is C15H19N3O2S. The van der Waals surface area contributed by atoms with E-state index < -0.39 is 0 Å². The summed E-state index contributed by atoms with van der Waals surface area (Å²) in [7, 11) is 0. The van der Waals surface area contributed by atoms with Gasteiger partial charge in [-0.15, -0.1) is 5.11 Å². The summed E-state index contributed by atoms with van der Waals surface area (Å²) in [5, 5.41) is 18.4. The highest BCUT2D eigenvalue weighted by molar-refractivity contribution is 7.15. The SMILES string of the molecule is CC(COc1ccccc1)N=Nc1nc(O)c(C(C)C)s1. The van der Waals surface area contributed by atoms with Gasteiger partial charge >= 0.3 is 0 Å². The van der Waals surface area contributed by atoms with Crippen molar-refractivity contribution in [2.75, 3.05) is 6.61 Å². The van der Waals surface area contributed by atoms with E-state index >= 15 is 0 Å². The first-order valence-corrected chi connectivity index (χ1v) is 7.66. The molecule has 0 saturated heterocycles. The van der Waals surface area contributed by atoms with Crippen LogP contribution in [-0.2, 0) is 0 Å². The number of hydrogen-bond donors (Lipinski definition) is 1. The molecule has 2 rings (SSSR count). The van der Waals surface area contributed by atoms with E-state index in [9.17, 15) is 5.11 Å². The lowest BCUT2D eigenvalue weighted by atomic mass is 10.2. The molecule has 21 heavy (non-hydrogen) atoms. The topological polar surface area (TPSA) is 67.1 Å². The third-order valence-corrected chi connectivity index (χ3v) is 3.95. The molecule has 0 radical (unpaired) electrons. The number of azo groups is 1. The van der Waals surface area contributed by atoms with Crippen molar-refractivity contribution in [3.05, 3.63) is 35.2 Å². The van der Waals surface area contributed by atoms with E-state index in [1.54, 1.807) is 0 Å². The Labute approximate surface area is 128 Å². The van der Waals surface area contributed by atoms with E-state index in [1.165, 1.54) is 11.3 Å². The highest BCUT2D eigenvalue weighted by Gasteiger charge is 2.13. The van der Waals surface area contributed by atoms with E-state index in [4.69, 9.17) is 4.74 Å². The Morgan fingerprint density at radius 2 is 1.95 bits per heavy atom. The van der Waals surface area contributed by atoms with Gasteiger partial charge in [0.2, 0.25) is 11.0 Å². The largest absolute Gasteiger partial charge is 0.492 e. The molecule has 0 bridgehead atoms. The molecule has 0 spiro atoms. The summed E-state index contributed by atoms with van der Waals surface area (Å²) >= 11 is 1.36.